The molecule has 0 saturated heterocycles. The van der Waals surface area contributed by atoms with Crippen LogP contribution in [0, 0.1) is 0 Å². The monoisotopic (exact) mass is 237 g/mol. The molecule has 0 fully saturated rings. The molecule has 0 aliphatic rings. The average Bonchev–Trinajstić information content (AvgIpc) is 2.35. The number of ketones is 1. The Balaban J connectivity index is 2.67. The van der Waals surface area contributed by atoms with Gasteiger partial charge in [-0.3, -0.25) is 14.9 Å². The standard InChI is InChI=1S/C12H15NO4/c1-8(12(15)16)13-7-10(14)9-5-3-4-6-11(9)17-2/h3-6,8,13H,7H2,1-2H3,(H,15,16). The zero-order valence-corrected chi connectivity index (χ0v) is 9.77. The second-order valence-corrected chi connectivity index (χ2v) is 3.56. The normalized spacial score (nSPS) is 11.9. The molecule has 5 nitrogen and oxygen atoms in total. The zero-order valence-electron chi connectivity index (χ0n) is 9.77. The first kappa shape index (κ1) is 13.2. The van der Waals surface area contributed by atoms with Crippen LogP contribution in [0.3, 0.4) is 0 Å². The lowest BCUT2D eigenvalue weighted by atomic mass is 10.1. The topological polar surface area (TPSA) is 75.6 Å². The zero-order chi connectivity index (χ0) is 12.8. The Morgan fingerprint density at radius 1 is 1.41 bits per heavy atom. The van der Waals surface area contributed by atoms with Crippen molar-refractivity contribution in [1.82, 2.24) is 5.32 Å². The highest BCUT2D eigenvalue weighted by atomic mass is 16.5. The quantitative estimate of drug-likeness (QED) is 0.720. The molecule has 1 rings (SSSR count). The number of methoxy groups -OCH3 is 1. The molecule has 0 aliphatic heterocycles. The highest BCUT2D eigenvalue weighted by Gasteiger charge is 2.15. The van der Waals surface area contributed by atoms with E-state index in [0.29, 0.717) is 11.3 Å². The minimum Gasteiger partial charge on any atom is -0.496 e. The summed E-state index contributed by atoms with van der Waals surface area (Å²) in [5, 5.41) is 11.3. The number of carboxylic acids is 1. The van der Waals surface area contributed by atoms with Crippen molar-refractivity contribution < 1.29 is 19.4 Å². The Kier molecular flexibility index (Phi) is 4.66. The van der Waals surface area contributed by atoms with Crippen LogP contribution in [0.2, 0.25) is 0 Å². The van der Waals surface area contributed by atoms with Gasteiger partial charge >= 0.3 is 5.97 Å². The van der Waals surface area contributed by atoms with Crippen molar-refractivity contribution >= 4 is 11.8 Å². The van der Waals surface area contributed by atoms with E-state index in [1.807, 2.05) is 0 Å². The van der Waals surface area contributed by atoms with E-state index in [1.165, 1.54) is 14.0 Å². The Labute approximate surface area is 99.4 Å². The number of Topliss-reactive ketones (excluding diaryl/α,β-unsaturated/α-hetero) is 1. The molecule has 0 saturated carbocycles. The second-order valence-electron chi connectivity index (χ2n) is 3.56. The molecule has 5 heteroatoms. The molecule has 0 radical (unpaired) electrons. The maximum absolute atomic E-state index is 11.8. The first-order chi connectivity index (χ1) is 8.06. The van der Waals surface area contributed by atoms with Gasteiger partial charge in [0.1, 0.15) is 11.8 Å². The maximum Gasteiger partial charge on any atom is 0.320 e. The van der Waals surface area contributed by atoms with Crippen LogP contribution >= 0.6 is 0 Å². The number of para-hydroxylation sites is 1. The van der Waals surface area contributed by atoms with Gasteiger partial charge in [0.05, 0.1) is 19.2 Å². The molecule has 1 aromatic rings. The third-order valence-corrected chi connectivity index (χ3v) is 2.35. The van der Waals surface area contributed by atoms with Crippen LogP contribution in [-0.2, 0) is 4.79 Å². The van der Waals surface area contributed by atoms with E-state index in [1.54, 1.807) is 24.3 Å². The summed E-state index contributed by atoms with van der Waals surface area (Å²) in [6.07, 6.45) is 0. The van der Waals surface area contributed by atoms with Gasteiger partial charge in [-0.2, -0.15) is 0 Å². The average molecular weight is 237 g/mol. The number of carbonyl (C=O) groups is 2. The van der Waals surface area contributed by atoms with Crippen molar-refractivity contribution in [3.05, 3.63) is 29.8 Å². The number of benzene rings is 1. The third kappa shape index (κ3) is 3.57. The van der Waals surface area contributed by atoms with Crippen LogP contribution in [0.1, 0.15) is 17.3 Å². The number of carbonyl (C=O) groups excluding carboxylic acids is 1. The lowest BCUT2D eigenvalue weighted by molar-refractivity contribution is -0.138. The van der Waals surface area contributed by atoms with E-state index in [2.05, 4.69) is 5.32 Å². The largest absolute Gasteiger partial charge is 0.496 e. The summed E-state index contributed by atoms with van der Waals surface area (Å²) >= 11 is 0. The number of aliphatic carboxylic acids is 1. The molecular formula is C12H15NO4. The molecule has 2 N–H and O–H groups in total. The van der Waals surface area contributed by atoms with Gasteiger partial charge in [0.2, 0.25) is 0 Å². The van der Waals surface area contributed by atoms with E-state index in [4.69, 9.17) is 9.84 Å². The summed E-state index contributed by atoms with van der Waals surface area (Å²) in [5.41, 5.74) is 0.445. The first-order valence-corrected chi connectivity index (χ1v) is 5.18. The fraction of sp³-hybridized carbons (Fsp3) is 0.333. The van der Waals surface area contributed by atoms with Crippen molar-refractivity contribution in [2.24, 2.45) is 0 Å². The van der Waals surface area contributed by atoms with Crippen LogP contribution in [0.25, 0.3) is 0 Å². The Hall–Kier alpha value is -1.88. The minimum absolute atomic E-state index is 0.0339. The third-order valence-electron chi connectivity index (χ3n) is 2.35. The summed E-state index contributed by atoms with van der Waals surface area (Å²) in [7, 11) is 1.49. The van der Waals surface area contributed by atoms with Crippen molar-refractivity contribution in [2.75, 3.05) is 13.7 Å². The van der Waals surface area contributed by atoms with Crippen LogP contribution in [0.15, 0.2) is 24.3 Å². The summed E-state index contributed by atoms with van der Waals surface area (Å²) < 4.78 is 5.06. The molecule has 0 aromatic heterocycles. The molecule has 0 spiro atoms. The summed E-state index contributed by atoms with van der Waals surface area (Å²) in [6, 6.07) is 6.08. The van der Waals surface area contributed by atoms with E-state index in [9.17, 15) is 9.59 Å². The molecule has 1 unspecified atom stereocenters. The number of rotatable bonds is 6. The van der Waals surface area contributed by atoms with Crippen LogP contribution in [-0.4, -0.2) is 36.6 Å². The van der Waals surface area contributed by atoms with Gasteiger partial charge < -0.3 is 9.84 Å². The van der Waals surface area contributed by atoms with Crippen molar-refractivity contribution in [2.45, 2.75) is 13.0 Å². The van der Waals surface area contributed by atoms with Crippen LogP contribution in [0.5, 0.6) is 5.75 Å². The lowest BCUT2D eigenvalue weighted by Gasteiger charge is -2.10. The first-order valence-electron chi connectivity index (χ1n) is 5.18. The molecule has 92 valence electrons. The predicted octanol–water partition coefficient (Wildman–Crippen LogP) is 0.941. The maximum atomic E-state index is 11.8. The number of carboxylic acid groups (broad SMARTS) is 1. The van der Waals surface area contributed by atoms with E-state index < -0.39 is 12.0 Å². The lowest BCUT2D eigenvalue weighted by Crippen LogP contribution is -2.37. The van der Waals surface area contributed by atoms with Gasteiger partial charge in [0.25, 0.3) is 0 Å². The molecule has 0 amide bonds. The summed E-state index contributed by atoms with van der Waals surface area (Å²) in [4.78, 5) is 22.4. The Bertz CT molecular complexity index is 417. The molecule has 0 aliphatic carbocycles. The minimum atomic E-state index is -0.988. The van der Waals surface area contributed by atoms with Gasteiger partial charge in [-0.1, -0.05) is 12.1 Å². The molecule has 1 atom stereocenters. The van der Waals surface area contributed by atoms with Gasteiger partial charge in [-0.15, -0.1) is 0 Å². The highest BCUT2D eigenvalue weighted by Crippen LogP contribution is 2.17. The number of nitrogens with one attached hydrogen (secondary N) is 1. The van der Waals surface area contributed by atoms with E-state index in [-0.39, 0.29) is 12.3 Å². The smallest absolute Gasteiger partial charge is 0.320 e. The number of hydrogen-bond acceptors (Lipinski definition) is 4. The highest BCUT2D eigenvalue weighted by molar-refractivity contribution is 6.00. The van der Waals surface area contributed by atoms with E-state index in [0.717, 1.165) is 0 Å². The molecule has 17 heavy (non-hydrogen) atoms. The summed E-state index contributed by atoms with van der Waals surface area (Å²) in [5.74, 6) is -0.698. The molecule has 0 bridgehead atoms. The fourth-order valence-electron chi connectivity index (χ4n) is 1.30. The van der Waals surface area contributed by atoms with Gasteiger partial charge in [0, 0.05) is 0 Å². The van der Waals surface area contributed by atoms with Crippen LogP contribution < -0.4 is 10.1 Å². The van der Waals surface area contributed by atoms with Crippen molar-refractivity contribution in [3.63, 3.8) is 0 Å². The van der Waals surface area contributed by atoms with Crippen LogP contribution in [0.4, 0.5) is 0 Å². The predicted molar refractivity (Wildman–Crippen MR) is 62.4 cm³/mol. The van der Waals surface area contributed by atoms with Gasteiger partial charge in [-0.05, 0) is 19.1 Å². The second kappa shape index (κ2) is 6.00. The van der Waals surface area contributed by atoms with E-state index >= 15 is 0 Å². The number of hydrogen-bond donors (Lipinski definition) is 2. The molecular weight excluding hydrogens is 222 g/mol. The van der Waals surface area contributed by atoms with Crippen molar-refractivity contribution in [3.8, 4) is 5.75 Å². The molecule has 1 aromatic carbocycles. The molecule has 0 heterocycles. The Morgan fingerprint density at radius 3 is 2.65 bits per heavy atom. The Morgan fingerprint density at radius 2 is 2.06 bits per heavy atom. The van der Waals surface area contributed by atoms with Crippen molar-refractivity contribution in [1.29, 1.82) is 0 Å². The SMILES string of the molecule is COc1ccccc1C(=O)CNC(C)C(=O)O. The summed E-state index contributed by atoms with van der Waals surface area (Å²) in [6.45, 7) is 1.45. The van der Waals surface area contributed by atoms with Gasteiger partial charge in [0.15, 0.2) is 5.78 Å². The van der Waals surface area contributed by atoms with Gasteiger partial charge in [-0.25, -0.2) is 0 Å². The fourth-order valence-corrected chi connectivity index (χ4v) is 1.30. The number of ether oxygens (including phenoxy) is 1.